The Hall–Kier alpha value is -2.28. The number of likely N-dealkylation sites (N-methyl/N-ethyl adjacent to an activating group) is 1. The van der Waals surface area contributed by atoms with E-state index in [1.54, 1.807) is 4.90 Å². The van der Waals surface area contributed by atoms with Crippen molar-refractivity contribution in [1.82, 2.24) is 9.80 Å². The SMILES string of the molecule is CN1C(c2ccc3c(c2)CCCN3C(=O)OC(C)(C)C)=NOC12CN1CCC2CC1. The Morgan fingerprint density at radius 3 is 2.67 bits per heavy atom. The molecule has 0 aliphatic carbocycles. The van der Waals surface area contributed by atoms with E-state index in [-0.39, 0.29) is 11.8 Å². The van der Waals surface area contributed by atoms with E-state index in [1.807, 2.05) is 26.8 Å². The third-order valence-electron chi connectivity index (χ3n) is 6.92. The molecule has 0 aromatic heterocycles. The van der Waals surface area contributed by atoms with E-state index < -0.39 is 5.60 Å². The highest BCUT2D eigenvalue weighted by Gasteiger charge is 2.55. The fourth-order valence-corrected chi connectivity index (χ4v) is 5.39. The normalized spacial score (nSPS) is 30.2. The molecule has 0 N–H and O–H groups in total. The van der Waals surface area contributed by atoms with Gasteiger partial charge < -0.3 is 14.5 Å². The zero-order valence-electron chi connectivity index (χ0n) is 18.5. The van der Waals surface area contributed by atoms with Gasteiger partial charge in [0.15, 0.2) is 5.84 Å². The van der Waals surface area contributed by atoms with Crippen molar-refractivity contribution in [2.75, 3.05) is 38.1 Å². The number of benzene rings is 1. The minimum atomic E-state index is -0.503. The van der Waals surface area contributed by atoms with E-state index in [9.17, 15) is 4.79 Å². The number of nitrogens with zero attached hydrogens (tertiary/aromatic N) is 4. The van der Waals surface area contributed by atoms with Gasteiger partial charge >= 0.3 is 6.09 Å². The second-order valence-corrected chi connectivity index (χ2v) is 10.0. The van der Waals surface area contributed by atoms with Gasteiger partial charge in [-0.15, -0.1) is 0 Å². The van der Waals surface area contributed by atoms with Crippen LogP contribution in [0.2, 0.25) is 0 Å². The van der Waals surface area contributed by atoms with Crippen LogP contribution in [0, 0.1) is 5.92 Å². The molecule has 7 heteroatoms. The Labute approximate surface area is 178 Å². The number of ether oxygens (including phenoxy) is 1. The number of amidine groups is 1. The number of hydrogen-bond acceptors (Lipinski definition) is 6. The van der Waals surface area contributed by atoms with Crippen molar-refractivity contribution in [2.45, 2.75) is 57.8 Å². The number of oxime groups is 1. The van der Waals surface area contributed by atoms with Gasteiger partial charge in [0.25, 0.3) is 0 Å². The first-order valence-electron chi connectivity index (χ1n) is 11.1. The van der Waals surface area contributed by atoms with Crippen LogP contribution in [0.5, 0.6) is 0 Å². The zero-order chi connectivity index (χ0) is 21.1. The molecular formula is C23H32N4O3. The molecule has 30 heavy (non-hydrogen) atoms. The average Bonchev–Trinajstić information content (AvgIpc) is 3.02. The maximum absolute atomic E-state index is 12.7. The summed E-state index contributed by atoms with van der Waals surface area (Å²) in [6, 6.07) is 6.26. The molecule has 0 radical (unpaired) electrons. The number of aryl methyl sites for hydroxylation is 1. The Morgan fingerprint density at radius 2 is 2.00 bits per heavy atom. The van der Waals surface area contributed by atoms with Crippen molar-refractivity contribution in [3.8, 4) is 0 Å². The number of piperidine rings is 3. The minimum absolute atomic E-state index is 0.277. The van der Waals surface area contributed by atoms with Crippen LogP contribution in [-0.2, 0) is 16.0 Å². The zero-order valence-corrected chi connectivity index (χ0v) is 18.5. The molecule has 6 rings (SSSR count). The molecule has 5 aliphatic rings. The summed E-state index contributed by atoms with van der Waals surface area (Å²) in [6.45, 7) is 9.63. The number of anilines is 1. The molecule has 3 fully saturated rings. The minimum Gasteiger partial charge on any atom is -0.443 e. The summed E-state index contributed by atoms with van der Waals surface area (Å²) < 4.78 is 5.61. The Balaban J connectivity index is 1.39. The predicted molar refractivity (Wildman–Crippen MR) is 116 cm³/mol. The molecular weight excluding hydrogens is 380 g/mol. The molecule has 5 heterocycles. The van der Waals surface area contributed by atoms with Crippen molar-refractivity contribution in [3.63, 3.8) is 0 Å². The smallest absolute Gasteiger partial charge is 0.414 e. The summed E-state index contributed by atoms with van der Waals surface area (Å²) >= 11 is 0. The summed E-state index contributed by atoms with van der Waals surface area (Å²) in [5, 5.41) is 4.54. The Morgan fingerprint density at radius 1 is 1.23 bits per heavy atom. The van der Waals surface area contributed by atoms with Crippen LogP contribution in [0.4, 0.5) is 10.5 Å². The van der Waals surface area contributed by atoms with Crippen molar-refractivity contribution < 1.29 is 14.4 Å². The van der Waals surface area contributed by atoms with Gasteiger partial charge in [0.05, 0.1) is 12.2 Å². The number of carbonyl (C=O) groups excluding carboxylic acids is 1. The maximum Gasteiger partial charge on any atom is 0.414 e. The van der Waals surface area contributed by atoms with Crippen LogP contribution < -0.4 is 4.90 Å². The first-order chi connectivity index (χ1) is 14.3. The quantitative estimate of drug-likeness (QED) is 0.707. The van der Waals surface area contributed by atoms with Crippen molar-refractivity contribution >= 4 is 17.6 Å². The van der Waals surface area contributed by atoms with E-state index in [1.165, 1.54) is 12.8 Å². The molecule has 1 amide bonds. The molecule has 1 spiro atoms. The predicted octanol–water partition coefficient (Wildman–Crippen LogP) is 3.42. The van der Waals surface area contributed by atoms with E-state index in [0.29, 0.717) is 12.5 Å². The number of rotatable bonds is 1. The summed E-state index contributed by atoms with van der Waals surface area (Å²) in [5.74, 6) is 1.41. The third-order valence-corrected chi connectivity index (χ3v) is 6.92. The Bertz CT molecular complexity index is 885. The average molecular weight is 413 g/mol. The van der Waals surface area contributed by atoms with Gasteiger partial charge in [-0.05, 0) is 83.3 Å². The molecule has 5 aliphatic heterocycles. The summed E-state index contributed by atoms with van der Waals surface area (Å²) in [4.78, 5) is 25.3. The van der Waals surface area contributed by atoms with E-state index in [2.05, 4.69) is 34.1 Å². The van der Waals surface area contributed by atoms with Gasteiger partial charge in [0.2, 0.25) is 5.72 Å². The topological polar surface area (TPSA) is 57.6 Å². The summed E-state index contributed by atoms with van der Waals surface area (Å²) in [5.41, 5.74) is 2.33. The molecule has 0 saturated carbocycles. The number of amides is 1. The lowest BCUT2D eigenvalue weighted by molar-refractivity contribution is -0.190. The van der Waals surface area contributed by atoms with Gasteiger partial charge in [0, 0.05) is 25.1 Å². The van der Waals surface area contributed by atoms with Crippen molar-refractivity contribution in [3.05, 3.63) is 29.3 Å². The summed E-state index contributed by atoms with van der Waals surface area (Å²) in [6.07, 6.45) is 3.93. The van der Waals surface area contributed by atoms with Crippen molar-refractivity contribution in [1.29, 1.82) is 0 Å². The fraction of sp³-hybridized carbons (Fsp3) is 0.652. The molecule has 2 bridgehead atoms. The molecule has 1 atom stereocenters. The molecule has 1 unspecified atom stereocenters. The molecule has 162 valence electrons. The van der Waals surface area contributed by atoms with Crippen LogP contribution in [0.25, 0.3) is 0 Å². The third kappa shape index (κ3) is 3.14. The van der Waals surface area contributed by atoms with Gasteiger partial charge in [-0.1, -0.05) is 5.16 Å². The molecule has 1 aromatic rings. The highest BCUT2D eigenvalue weighted by Crippen LogP contribution is 2.43. The molecule has 3 saturated heterocycles. The lowest BCUT2D eigenvalue weighted by atomic mass is 9.80. The van der Waals surface area contributed by atoms with Crippen LogP contribution in [0.3, 0.4) is 0 Å². The first-order valence-corrected chi connectivity index (χ1v) is 11.1. The van der Waals surface area contributed by atoms with Gasteiger partial charge in [0.1, 0.15) is 5.60 Å². The highest BCUT2D eigenvalue weighted by molar-refractivity contribution is 6.00. The monoisotopic (exact) mass is 412 g/mol. The van der Waals surface area contributed by atoms with Crippen LogP contribution >= 0.6 is 0 Å². The largest absolute Gasteiger partial charge is 0.443 e. The molecule has 1 aromatic carbocycles. The van der Waals surface area contributed by atoms with E-state index >= 15 is 0 Å². The van der Waals surface area contributed by atoms with Crippen LogP contribution in [0.1, 0.15) is 51.2 Å². The van der Waals surface area contributed by atoms with Gasteiger partial charge in [-0.3, -0.25) is 9.80 Å². The van der Waals surface area contributed by atoms with Crippen LogP contribution in [0.15, 0.2) is 23.4 Å². The number of hydrogen-bond donors (Lipinski definition) is 0. The number of carbonyl (C=O) groups is 1. The Kier molecular flexibility index (Phi) is 4.51. The van der Waals surface area contributed by atoms with E-state index in [4.69, 9.17) is 9.57 Å². The first kappa shape index (κ1) is 19.7. The lowest BCUT2D eigenvalue weighted by Crippen LogP contribution is -2.65. The van der Waals surface area contributed by atoms with Crippen molar-refractivity contribution in [2.24, 2.45) is 11.1 Å². The van der Waals surface area contributed by atoms with Crippen LogP contribution in [-0.4, -0.2) is 66.3 Å². The second-order valence-electron chi connectivity index (χ2n) is 10.0. The van der Waals surface area contributed by atoms with Gasteiger partial charge in [-0.25, -0.2) is 4.79 Å². The number of fused-ring (bicyclic) bond motifs is 3. The second kappa shape index (κ2) is 6.87. The highest BCUT2D eigenvalue weighted by atomic mass is 16.7. The fourth-order valence-electron chi connectivity index (χ4n) is 5.39. The standard InChI is InChI=1S/C23H32N4O3/c1-22(2,3)29-21(28)27-11-5-6-16-14-17(7-8-19(16)27)20-24-30-23(25(20)4)15-26-12-9-18(23)10-13-26/h7-8,14,18H,5-6,9-13,15H2,1-4H3. The molecule has 7 nitrogen and oxygen atoms in total. The van der Waals surface area contributed by atoms with E-state index in [0.717, 1.165) is 55.1 Å². The maximum atomic E-state index is 12.7. The summed E-state index contributed by atoms with van der Waals surface area (Å²) in [7, 11) is 2.11. The lowest BCUT2D eigenvalue weighted by Gasteiger charge is -2.52. The van der Waals surface area contributed by atoms with Gasteiger partial charge in [-0.2, -0.15) is 0 Å².